The molecule has 5 heteroatoms. The van der Waals surface area contributed by atoms with E-state index >= 15 is 0 Å². The van der Waals surface area contributed by atoms with Gasteiger partial charge in [-0.15, -0.1) is 0 Å². The number of piperidine rings is 2. The number of carbonyl (C=O) groups is 1. The van der Waals surface area contributed by atoms with Crippen LogP contribution in [-0.2, 0) is 0 Å². The lowest BCUT2D eigenvalue weighted by Crippen LogP contribution is -2.52. The van der Waals surface area contributed by atoms with Gasteiger partial charge in [0.15, 0.2) is 0 Å². The SMILES string of the molecule is CN1CCCC2CN(c3ccc(C(=O)O)nc3)CCC21. The zero-order valence-corrected chi connectivity index (χ0v) is 11.8. The van der Waals surface area contributed by atoms with Crippen LogP contribution in [0, 0.1) is 5.92 Å². The van der Waals surface area contributed by atoms with Crippen molar-refractivity contribution in [3.63, 3.8) is 0 Å². The molecule has 2 atom stereocenters. The number of aromatic carboxylic acids is 1. The summed E-state index contributed by atoms with van der Waals surface area (Å²) in [7, 11) is 2.23. The van der Waals surface area contributed by atoms with E-state index in [2.05, 4.69) is 21.8 Å². The quantitative estimate of drug-likeness (QED) is 0.890. The van der Waals surface area contributed by atoms with Gasteiger partial charge in [0.05, 0.1) is 11.9 Å². The van der Waals surface area contributed by atoms with E-state index in [9.17, 15) is 4.79 Å². The Morgan fingerprint density at radius 3 is 2.90 bits per heavy atom. The monoisotopic (exact) mass is 275 g/mol. The third-order valence-corrected chi connectivity index (χ3v) is 4.68. The number of anilines is 1. The summed E-state index contributed by atoms with van der Waals surface area (Å²) in [5.74, 6) is -0.245. The molecule has 20 heavy (non-hydrogen) atoms. The van der Waals surface area contributed by atoms with Gasteiger partial charge in [-0.1, -0.05) is 0 Å². The molecule has 2 aliphatic heterocycles. The lowest BCUT2D eigenvalue weighted by atomic mass is 9.84. The second-order valence-electron chi connectivity index (χ2n) is 5.89. The summed E-state index contributed by atoms with van der Waals surface area (Å²) >= 11 is 0. The first-order valence-corrected chi connectivity index (χ1v) is 7.29. The molecule has 5 nitrogen and oxygen atoms in total. The highest BCUT2D eigenvalue weighted by molar-refractivity contribution is 5.85. The molecule has 1 aromatic heterocycles. The molecule has 1 N–H and O–H groups in total. The smallest absolute Gasteiger partial charge is 0.354 e. The van der Waals surface area contributed by atoms with Crippen molar-refractivity contribution in [2.24, 2.45) is 5.92 Å². The van der Waals surface area contributed by atoms with Crippen molar-refractivity contribution in [2.45, 2.75) is 25.3 Å². The fourth-order valence-corrected chi connectivity index (χ4v) is 3.59. The number of pyridine rings is 1. The number of hydrogen-bond acceptors (Lipinski definition) is 4. The van der Waals surface area contributed by atoms with Crippen molar-refractivity contribution in [2.75, 3.05) is 31.6 Å². The van der Waals surface area contributed by atoms with Crippen molar-refractivity contribution < 1.29 is 9.90 Å². The van der Waals surface area contributed by atoms with Crippen LogP contribution < -0.4 is 4.90 Å². The first kappa shape index (κ1) is 13.4. The van der Waals surface area contributed by atoms with Crippen LogP contribution >= 0.6 is 0 Å². The Bertz CT molecular complexity index is 488. The van der Waals surface area contributed by atoms with Crippen molar-refractivity contribution in [1.82, 2.24) is 9.88 Å². The number of rotatable bonds is 2. The van der Waals surface area contributed by atoms with Gasteiger partial charge in [-0.25, -0.2) is 9.78 Å². The van der Waals surface area contributed by atoms with Crippen LogP contribution in [0.1, 0.15) is 29.8 Å². The molecule has 3 heterocycles. The van der Waals surface area contributed by atoms with E-state index < -0.39 is 5.97 Å². The predicted molar refractivity (Wildman–Crippen MR) is 77.2 cm³/mol. The van der Waals surface area contributed by atoms with Gasteiger partial charge in [0.2, 0.25) is 0 Å². The molecule has 2 unspecified atom stereocenters. The van der Waals surface area contributed by atoms with Crippen LogP contribution in [0.15, 0.2) is 18.3 Å². The summed E-state index contributed by atoms with van der Waals surface area (Å²) in [4.78, 5) is 19.7. The third-order valence-electron chi connectivity index (χ3n) is 4.68. The maximum atomic E-state index is 10.8. The van der Waals surface area contributed by atoms with Gasteiger partial charge in [-0.2, -0.15) is 0 Å². The standard InChI is InChI=1S/C15H21N3O2/c1-17-7-2-3-11-10-18(8-6-14(11)17)12-4-5-13(15(19)20)16-9-12/h4-5,9,11,14H,2-3,6-8,10H2,1H3,(H,19,20). The second-order valence-corrected chi connectivity index (χ2v) is 5.89. The normalized spacial score (nSPS) is 27.1. The number of carboxylic acids is 1. The third kappa shape index (κ3) is 2.50. The fourth-order valence-electron chi connectivity index (χ4n) is 3.59. The zero-order valence-electron chi connectivity index (χ0n) is 11.8. The lowest BCUT2D eigenvalue weighted by Gasteiger charge is -2.46. The molecule has 0 amide bonds. The van der Waals surface area contributed by atoms with Gasteiger partial charge in [-0.05, 0) is 50.9 Å². The number of carboxylic acid groups (broad SMARTS) is 1. The Kier molecular flexibility index (Phi) is 3.61. The summed E-state index contributed by atoms with van der Waals surface area (Å²) in [6, 6.07) is 4.19. The van der Waals surface area contributed by atoms with E-state index in [1.807, 2.05) is 6.07 Å². The van der Waals surface area contributed by atoms with Crippen LogP contribution in [0.25, 0.3) is 0 Å². The van der Waals surface area contributed by atoms with Crippen molar-refractivity contribution in [3.8, 4) is 0 Å². The molecule has 0 spiro atoms. The van der Waals surface area contributed by atoms with Gasteiger partial charge < -0.3 is 14.9 Å². The highest BCUT2D eigenvalue weighted by Gasteiger charge is 2.34. The molecule has 1 aromatic rings. The minimum Gasteiger partial charge on any atom is -0.477 e. The maximum Gasteiger partial charge on any atom is 0.354 e. The summed E-state index contributed by atoms with van der Waals surface area (Å²) < 4.78 is 0. The first-order valence-electron chi connectivity index (χ1n) is 7.29. The molecule has 0 radical (unpaired) electrons. The molecule has 0 saturated carbocycles. The highest BCUT2D eigenvalue weighted by Crippen LogP contribution is 2.31. The zero-order chi connectivity index (χ0) is 14.1. The Labute approximate surface area is 119 Å². The Balaban J connectivity index is 1.71. The van der Waals surface area contributed by atoms with Crippen molar-refractivity contribution in [1.29, 1.82) is 0 Å². The average molecular weight is 275 g/mol. The number of nitrogens with zero attached hydrogens (tertiary/aromatic N) is 3. The number of hydrogen-bond donors (Lipinski definition) is 1. The topological polar surface area (TPSA) is 56.7 Å². The molecule has 2 saturated heterocycles. The average Bonchev–Trinajstić information content (AvgIpc) is 2.47. The van der Waals surface area contributed by atoms with Crippen LogP contribution in [-0.4, -0.2) is 53.7 Å². The summed E-state index contributed by atoms with van der Waals surface area (Å²) in [6.07, 6.45) is 5.45. The van der Waals surface area contributed by atoms with Crippen molar-refractivity contribution in [3.05, 3.63) is 24.0 Å². The van der Waals surface area contributed by atoms with Gasteiger partial charge >= 0.3 is 5.97 Å². The highest BCUT2D eigenvalue weighted by atomic mass is 16.4. The minimum absolute atomic E-state index is 0.112. The van der Waals surface area contributed by atoms with E-state index in [4.69, 9.17) is 5.11 Å². The van der Waals surface area contributed by atoms with Gasteiger partial charge in [-0.3, -0.25) is 0 Å². The van der Waals surface area contributed by atoms with Crippen LogP contribution in [0.4, 0.5) is 5.69 Å². The molecular formula is C15H21N3O2. The van der Waals surface area contributed by atoms with Gasteiger partial charge in [0, 0.05) is 19.1 Å². The van der Waals surface area contributed by atoms with E-state index in [1.54, 1.807) is 12.3 Å². The number of likely N-dealkylation sites (tertiary alicyclic amines) is 1. The van der Waals surface area contributed by atoms with Crippen LogP contribution in [0.5, 0.6) is 0 Å². The molecule has 3 rings (SSSR count). The van der Waals surface area contributed by atoms with E-state index in [-0.39, 0.29) is 5.69 Å². The summed E-state index contributed by atoms with van der Waals surface area (Å²) in [5.41, 5.74) is 1.16. The lowest BCUT2D eigenvalue weighted by molar-refractivity contribution is 0.0690. The number of aromatic nitrogens is 1. The van der Waals surface area contributed by atoms with Gasteiger partial charge in [0.25, 0.3) is 0 Å². The Hall–Kier alpha value is -1.62. The molecule has 0 aromatic carbocycles. The predicted octanol–water partition coefficient (Wildman–Crippen LogP) is 1.70. The molecular weight excluding hydrogens is 254 g/mol. The Morgan fingerprint density at radius 1 is 1.35 bits per heavy atom. The molecule has 2 aliphatic rings. The summed E-state index contributed by atoms with van der Waals surface area (Å²) in [6.45, 7) is 3.30. The first-order chi connectivity index (χ1) is 9.65. The van der Waals surface area contributed by atoms with E-state index in [0.29, 0.717) is 6.04 Å². The molecule has 108 valence electrons. The molecule has 0 aliphatic carbocycles. The number of fused-ring (bicyclic) bond motifs is 1. The Morgan fingerprint density at radius 2 is 2.20 bits per heavy atom. The van der Waals surface area contributed by atoms with Crippen molar-refractivity contribution >= 4 is 11.7 Å². The fraction of sp³-hybridized carbons (Fsp3) is 0.600. The second kappa shape index (κ2) is 5.40. The van der Waals surface area contributed by atoms with E-state index in [0.717, 1.165) is 24.7 Å². The molecule has 2 fully saturated rings. The minimum atomic E-state index is -0.968. The van der Waals surface area contributed by atoms with Crippen LogP contribution in [0.3, 0.4) is 0 Å². The van der Waals surface area contributed by atoms with E-state index in [1.165, 1.54) is 25.8 Å². The van der Waals surface area contributed by atoms with Crippen LogP contribution in [0.2, 0.25) is 0 Å². The largest absolute Gasteiger partial charge is 0.477 e. The molecule has 0 bridgehead atoms. The summed E-state index contributed by atoms with van der Waals surface area (Å²) in [5, 5.41) is 8.89. The maximum absolute atomic E-state index is 10.8. The van der Waals surface area contributed by atoms with Gasteiger partial charge in [0.1, 0.15) is 5.69 Å².